The molecule has 10 aromatic rings. The first-order valence-corrected chi connectivity index (χ1v) is 48.1. The van der Waals surface area contributed by atoms with E-state index in [1.54, 1.807) is 143 Å². The zero-order valence-corrected chi connectivity index (χ0v) is 85.0. The van der Waals surface area contributed by atoms with Gasteiger partial charge in [0.15, 0.2) is 6.29 Å². The van der Waals surface area contributed by atoms with Crippen molar-refractivity contribution in [3.63, 3.8) is 0 Å². The molecule has 39 heteroatoms. The molecule has 6 fully saturated rings. The van der Waals surface area contributed by atoms with Gasteiger partial charge in [-0.2, -0.15) is 0 Å². The average Bonchev–Trinajstić information content (AvgIpc) is 1.61. The molecule has 6 aliphatic rings. The lowest BCUT2D eigenvalue weighted by Gasteiger charge is -2.26. The summed E-state index contributed by atoms with van der Waals surface area (Å²) in [6, 6.07) is 73.1. The minimum atomic E-state index is -1.04. The van der Waals surface area contributed by atoms with Gasteiger partial charge in [0.05, 0.1) is 73.3 Å². The normalized spacial score (nSPS) is 21.8. The molecule has 10 aromatic carbocycles. The number of methoxy groups -OCH3 is 2. The highest BCUT2D eigenvalue weighted by Gasteiger charge is 2.55. The summed E-state index contributed by atoms with van der Waals surface area (Å²) < 4.78 is 29.9. The predicted octanol–water partition coefficient (Wildman–Crippen LogP) is 19.0. The van der Waals surface area contributed by atoms with Crippen LogP contribution in [0.25, 0.3) is 0 Å². The Bertz CT molecular complexity index is 5840. The number of nitrogens with one attached hydrogen (secondary N) is 6. The number of halogens is 6. The van der Waals surface area contributed by atoms with Gasteiger partial charge >= 0.3 is 24.1 Å². The van der Waals surface area contributed by atoms with Crippen molar-refractivity contribution in [1.82, 2.24) is 36.8 Å². The van der Waals surface area contributed by atoms with Crippen molar-refractivity contribution >= 4 is 130 Å². The molecule has 144 heavy (non-hydrogen) atoms. The van der Waals surface area contributed by atoms with Crippen molar-refractivity contribution in [3.05, 3.63) is 377 Å². The molecule has 8 N–H and O–H groups in total. The van der Waals surface area contributed by atoms with Gasteiger partial charge in [0.2, 0.25) is 48.2 Å². The Balaban J connectivity index is 0.000000204. The Morgan fingerprint density at radius 1 is 0.458 bits per heavy atom. The zero-order valence-electron chi connectivity index (χ0n) is 80.5. The van der Waals surface area contributed by atoms with E-state index in [4.69, 9.17) is 99.0 Å². The van der Waals surface area contributed by atoms with E-state index in [1.807, 2.05) is 165 Å². The molecule has 4 unspecified atom stereocenters. The molecule has 6 saturated heterocycles. The second-order valence-electron chi connectivity index (χ2n) is 34.0. The number of carbonyl (C=O) groups is 10. The molecule has 764 valence electrons. The Hall–Kier alpha value is -13.6. The maximum Gasteiger partial charge on any atom is 0.407 e. The molecular weight excluding hydrogens is 1980 g/mol. The SMILES string of the molecule is CC(=O)OCc1ccccc1.CC1C(=O)N[C@H](c2ccccc2Cl)[C@H]1N.CC1C(=O)N[C@H](c2ccccc2Cl)[C@H]1[N+](=O)[O-].CC1CCCO1.COC(=O)C(C)C[N+](=O)[O-].COc1ccc(CN2C(=O)[C@@H](C)[C@H]([N+](=O)[O-])[C@H]2c2ccccc2Cl)cc1.C[C@@H]1C(=O)N[C@H](c2ccccc2Cl)[C@H]1NC(=O)OCc1ccccc1.C[C@H]1C(=O)N[C@H](c2ccccc2Cl)[C@H]1NC(=O)OCc1ccccc1.O=Cc1ccccc1Cl. The molecular formula is C105H115Cl6N11O22. The van der Waals surface area contributed by atoms with Crippen molar-refractivity contribution in [2.45, 2.75) is 161 Å². The summed E-state index contributed by atoms with van der Waals surface area (Å²) in [4.78, 5) is 148. The van der Waals surface area contributed by atoms with Crippen molar-refractivity contribution in [2.24, 2.45) is 41.2 Å². The smallest absolute Gasteiger partial charge is 0.407 e. The van der Waals surface area contributed by atoms with Crippen LogP contribution in [-0.4, -0.2) is 143 Å². The second-order valence-corrected chi connectivity index (χ2v) is 36.5. The number of esters is 2. The molecule has 17 atom stereocenters. The summed E-state index contributed by atoms with van der Waals surface area (Å²) in [5.41, 5.74) is 13.8. The third-order valence-electron chi connectivity index (χ3n) is 24.0. The molecule has 0 radical (unpaired) electrons. The van der Waals surface area contributed by atoms with Crippen LogP contribution < -0.4 is 42.4 Å². The number of rotatable bonds is 22. The standard InChI is InChI=1S/C19H19ClN2O4.2C19H19ClN2O3.C11H11ClN2O3.C11H13ClN2O.C9H10O2.C7H5ClO.C5H9NO4.C5H10O/c1-12-17(22(24)25)18(15-5-3-4-6-16(15)20)21(19(12)23)11-13-7-9-14(26-2)10-8-13;2*1-12-16(22-19(24)25-11-13-7-3-2-4-8-13)17(21-18(12)23)14-9-5-6-10-15(14)20;1-6-10(14(16)17)9(13-11(6)15)7-4-2-3-5-8(7)12;1-6-9(13)10(14-11(6)15)7-4-2-3-5-8(7)12;1-8(10)11-7-9-5-3-2-4-6-9;8-7-4-2-1-3-6(7)5-9;1-4(3-6(8)9)5(7)10-2;1-5-3-2-4-6-5/h3-10,12,17-18H,11H2,1-2H3;2*2-10,12,16-17H,11H2,1H3,(H,21,23)(H,22,24);2-6,9-10H,1H3,(H,13,15);2-6,9-10H,13H2,1H3,(H,14,15);2-6H,7H2,1H3;1-5H;4H,3H2,1-2H3;5H,2-4H2,1H3/t12-,17-,18+;12-,16+,17-;12-,16-,17+;2*6?,9-,10+;;;;/m01010..../s1. The molecule has 0 bridgehead atoms. The van der Waals surface area contributed by atoms with Gasteiger partial charge < -0.3 is 71.0 Å². The van der Waals surface area contributed by atoms with Gasteiger partial charge in [0.25, 0.3) is 0 Å². The quantitative estimate of drug-likeness (QED) is 0.0109. The van der Waals surface area contributed by atoms with Crippen LogP contribution in [0.1, 0.15) is 159 Å². The molecule has 7 amide bonds. The summed E-state index contributed by atoms with van der Waals surface area (Å²) >= 11 is 36.4. The monoisotopic (exact) mass is 2090 g/mol. The van der Waals surface area contributed by atoms with Crippen molar-refractivity contribution in [1.29, 1.82) is 0 Å². The number of carbonyl (C=O) groups excluding carboxylic acids is 10. The number of hydrogen-bond donors (Lipinski definition) is 7. The first-order chi connectivity index (χ1) is 68.8. The van der Waals surface area contributed by atoms with Crippen LogP contribution >= 0.6 is 69.6 Å². The number of aldehydes is 1. The number of likely N-dealkylation sites (tertiary alicyclic amines) is 1. The van der Waals surface area contributed by atoms with Crippen LogP contribution in [0.15, 0.2) is 261 Å². The van der Waals surface area contributed by atoms with Gasteiger partial charge in [-0.1, -0.05) is 303 Å². The Labute approximate surface area is 864 Å². The number of ether oxygens (including phenoxy) is 6. The molecule has 33 nitrogen and oxygen atoms in total. The van der Waals surface area contributed by atoms with E-state index in [0.29, 0.717) is 65.3 Å². The van der Waals surface area contributed by atoms with E-state index < -0.39 is 82.0 Å². The van der Waals surface area contributed by atoms with Crippen molar-refractivity contribution in [3.8, 4) is 5.75 Å². The fourth-order valence-corrected chi connectivity index (χ4v) is 17.3. The van der Waals surface area contributed by atoms with Crippen LogP contribution in [0, 0.1) is 65.9 Å². The number of alkyl carbamates (subject to hydrolysis) is 2. The number of nitro groups is 3. The highest BCUT2D eigenvalue weighted by molar-refractivity contribution is 6.33. The summed E-state index contributed by atoms with van der Waals surface area (Å²) in [5.74, 6) is -3.84. The summed E-state index contributed by atoms with van der Waals surface area (Å²) in [6.45, 7) is 15.1. The largest absolute Gasteiger partial charge is 0.497 e. The van der Waals surface area contributed by atoms with Crippen LogP contribution in [-0.2, 0) is 83.6 Å². The average molecular weight is 2100 g/mol. The van der Waals surface area contributed by atoms with E-state index in [0.717, 1.165) is 51.8 Å². The number of amides is 7. The number of nitrogens with two attached hydrogens (primary N) is 1. The van der Waals surface area contributed by atoms with Crippen LogP contribution in [0.4, 0.5) is 9.59 Å². The molecule has 16 rings (SSSR count). The lowest BCUT2D eigenvalue weighted by molar-refractivity contribution is -0.532. The first-order valence-electron chi connectivity index (χ1n) is 45.8. The van der Waals surface area contributed by atoms with Crippen LogP contribution in [0.3, 0.4) is 0 Å². The third kappa shape index (κ3) is 34.3. The van der Waals surface area contributed by atoms with Gasteiger partial charge in [-0.05, 0) is 134 Å². The van der Waals surface area contributed by atoms with Crippen molar-refractivity contribution < 1.29 is 91.1 Å². The van der Waals surface area contributed by atoms with Gasteiger partial charge in [-0.15, -0.1) is 0 Å². The summed E-state index contributed by atoms with van der Waals surface area (Å²) in [6.07, 6.45) is 2.69. The fraction of sp³-hybridized carbons (Fsp3) is 0.333. The Morgan fingerprint density at radius 3 is 1.16 bits per heavy atom. The lowest BCUT2D eigenvalue weighted by Crippen LogP contribution is -2.41. The summed E-state index contributed by atoms with van der Waals surface area (Å²) in [7, 11) is 2.79. The van der Waals surface area contributed by atoms with Crippen molar-refractivity contribution in [2.75, 3.05) is 27.4 Å². The van der Waals surface area contributed by atoms with Crippen LogP contribution in [0.2, 0.25) is 30.1 Å². The van der Waals surface area contributed by atoms with E-state index in [2.05, 4.69) is 43.6 Å². The highest BCUT2D eigenvalue weighted by Crippen LogP contribution is 2.43. The number of benzene rings is 10. The predicted molar refractivity (Wildman–Crippen MR) is 546 cm³/mol. The van der Waals surface area contributed by atoms with Gasteiger partial charge in [-0.3, -0.25) is 68.7 Å². The first kappa shape index (κ1) is 116. The maximum absolute atomic E-state index is 12.8. The molecule has 0 aliphatic carbocycles. The van der Waals surface area contributed by atoms with Gasteiger partial charge in [0.1, 0.15) is 55.4 Å². The molecule has 0 aromatic heterocycles. The molecule has 6 aliphatic heterocycles. The maximum atomic E-state index is 12.8. The topological polar surface area (TPSA) is 457 Å². The second kappa shape index (κ2) is 58.2. The minimum absolute atomic E-state index is 0.00702. The molecule has 6 heterocycles. The zero-order chi connectivity index (χ0) is 105. The fourth-order valence-electron chi connectivity index (χ4n) is 15.9. The van der Waals surface area contributed by atoms with Crippen LogP contribution in [0.5, 0.6) is 5.75 Å². The summed E-state index contributed by atoms with van der Waals surface area (Å²) in [5, 5.41) is 52.5. The minimum Gasteiger partial charge on any atom is -0.497 e. The van der Waals surface area contributed by atoms with Gasteiger partial charge in [-0.25, -0.2) is 9.59 Å². The van der Waals surface area contributed by atoms with E-state index in [9.17, 15) is 78.3 Å². The number of hydrogen-bond acceptors (Lipinski definition) is 23. The third-order valence-corrected chi connectivity index (χ3v) is 26.0. The molecule has 0 saturated carbocycles. The Morgan fingerprint density at radius 2 is 0.819 bits per heavy atom. The Kier molecular flexibility index (Phi) is 46.7. The van der Waals surface area contributed by atoms with E-state index >= 15 is 0 Å². The van der Waals surface area contributed by atoms with E-state index in [1.165, 1.54) is 33.8 Å². The molecule has 0 spiro atoms. The number of nitrogens with zero attached hydrogens (tertiary/aromatic N) is 4. The van der Waals surface area contributed by atoms with Gasteiger partial charge in [0, 0.05) is 77.1 Å². The van der Waals surface area contributed by atoms with E-state index in [-0.39, 0.29) is 109 Å². The lowest BCUT2D eigenvalue weighted by atomic mass is 9.95. The highest BCUT2D eigenvalue weighted by atomic mass is 35.5.